The van der Waals surface area contributed by atoms with E-state index in [-0.39, 0.29) is 0 Å². The summed E-state index contributed by atoms with van der Waals surface area (Å²) in [5.74, 6) is 0. The first kappa shape index (κ1) is 10.3. The van der Waals surface area contributed by atoms with E-state index in [9.17, 15) is 0 Å². The number of benzene rings is 1. The summed E-state index contributed by atoms with van der Waals surface area (Å²) in [6, 6.07) is 14.5. The number of aromatic nitrogens is 1. The predicted molar refractivity (Wildman–Crippen MR) is 67.4 cm³/mol. The second-order valence-corrected chi connectivity index (χ2v) is 4.14. The third kappa shape index (κ3) is 2.87. The first-order valence-corrected chi connectivity index (χ1v) is 5.67. The molecule has 0 saturated heterocycles. The molecule has 0 aliphatic rings. The zero-order valence-electron chi connectivity index (χ0n) is 8.56. The van der Waals surface area contributed by atoms with Crippen LogP contribution in [-0.4, -0.2) is 4.98 Å². The van der Waals surface area contributed by atoms with Crippen LogP contribution in [-0.2, 0) is 12.8 Å². The third-order valence-corrected chi connectivity index (χ3v) is 2.99. The predicted octanol–water partition coefficient (Wildman–Crippen LogP) is 2.37. The maximum Gasteiger partial charge on any atom is 0.0406 e. The Kier molecular flexibility index (Phi) is 3.47. The van der Waals surface area contributed by atoms with E-state index in [1.807, 2.05) is 18.3 Å². The number of rotatable bonds is 3. The average Bonchev–Trinajstić information content (AvgIpc) is 2.29. The normalized spacial score (nSPS) is 10.2. The van der Waals surface area contributed by atoms with Crippen LogP contribution < -0.4 is 5.30 Å². The Labute approximate surface area is 92.8 Å². The van der Waals surface area contributed by atoms with Crippen LogP contribution in [0, 0.1) is 0 Å². The van der Waals surface area contributed by atoms with Crippen molar-refractivity contribution >= 4 is 14.5 Å². The van der Waals surface area contributed by atoms with Crippen molar-refractivity contribution in [2.24, 2.45) is 0 Å². The largest absolute Gasteiger partial charge is 0.261 e. The Morgan fingerprint density at radius 1 is 0.933 bits per heavy atom. The molecule has 0 bridgehead atoms. The molecule has 1 heterocycles. The van der Waals surface area contributed by atoms with E-state index in [0.717, 1.165) is 18.5 Å². The van der Waals surface area contributed by atoms with E-state index >= 15 is 0 Å². The number of pyridine rings is 1. The molecule has 1 atom stereocenters. The third-order valence-electron chi connectivity index (χ3n) is 2.43. The molecule has 0 aliphatic carbocycles. The topological polar surface area (TPSA) is 12.9 Å². The number of nitrogens with zero attached hydrogens (tertiary/aromatic N) is 1. The zero-order valence-corrected chi connectivity index (χ0v) is 9.71. The van der Waals surface area contributed by atoms with Gasteiger partial charge in [0.15, 0.2) is 0 Å². The molecule has 2 heteroatoms. The van der Waals surface area contributed by atoms with Gasteiger partial charge in [0.25, 0.3) is 0 Å². The molecule has 0 fully saturated rings. The van der Waals surface area contributed by atoms with Gasteiger partial charge in [-0.3, -0.25) is 4.98 Å². The SMILES string of the molecule is Pc1ccccc1CCc1ccccn1. The van der Waals surface area contributed by atoms with Gasteiger partial charge in [0, 0.05) is 11.9 Å². The highest BCUT2D eigenvalue weighted by Gasteiger charge is 1.98. The van der Waals surface area contributed by atoms with Crippen LogP contribution in [0.15, 0.2) is 48.7 Å². The Morgan fingerprint density at radius 2 is 1.73 bits per heavy atom. The van der Waals surface area contributed by atoms with Crippen LogP contribution in [0.5, 0.6) is 0 Å². The lowest BCUT2D eigenvalue weighted by Crippen LogP contribution is -2.03. The molecule has 2 rings (SSSR count). The summed E-state index contributed by atoms with van der Waals surface area (Å²) < 4.78 is 0. The lowest BCUT2D eigenvalue weighted by atomic mass is 10.1. The Balaban J connectivity index is 2.03. The number of aryl methyl sites for hydroxylation is 2. The maximum atomic E-state index is 4.32. The fraction of sp³-hybridized carbons (Fsp3) is 0.154. The Hall–Kier alpha value is -1.20. The molecule has 0 aliphatic heterocycles. The Bertz CT molecular complexity index is 426. The van der Waals surface area contributed by atoms with Crippen LogP contribution in [0.4, 0.5) is 0 Å². The van der Waals surface area contributed by atoms with E-state index in [1.165, 1.54) is 10.9 Å². The van der Waals surface area contributed by atoms with E-state index in [2.05, 4.69) is 44.6 Å². The summed E-state index contributed by atoms with van der Waals surface area (Å²) in [7, 11) is 2.78. The summed E-state index contributed by atoms with van der Waals surface area (Å²) in [6.07, 6.45) is 3.91. The van der Waals surface area contributed by atoms with Gasteiger partial charge in [-0.15, -0.1) is 9.24 Å². The highest BCUT2D eigenvalue weighted by atomic mass is 31.0. The molecular weight excluding hydrogens is 201 g/mol. The van der Waals surface area contributed by atoms with Crippen LogP contribution in [0.2, 0.25) is 0 Å². The standard InChI is InChI=1S/C13H14NP/c15-13-7-2-1-5-11(13)8-9-12-6-3-4-10-14-12/h1-7,10H,8-9,15H2. The summed E-state index contributed by atoms with van der Waals surface area (Å²) in [5, 5.41) is 1.29. The molecule has 1 aromatic carbocycles. The van der Waals surface area contributed by atoms with E-state index in [4.69, 9.17) is 0 Å². The number of hydrogen-bond acceptors (Lipinski definition) is 1. The lowest BCUT2D eigenvalue weighted by molar-refractivity contribution is 0.918. The molecule has 2 aromatic rings. The first-order valence-electron chi connectivity index (χ1n) is 5.09. The molecule has 76 valence electrons. The first-order chi connectivity index (χ1) is 7.36. The van der Waals surface area contributed by atoms with Gasteiger partial charge in [0.05, 0.1) is 0 Å². The van der Waals surface area contributed by atoms with Gasteiger partial charge in [0.1, 0.15) is 0 Å². The van der Waals surface area contributed by atoms with Gasteiger partial charge in [-0.25, -0.2) is 0 Å². The van der Waals surface area contributed by atoms with Crippen LogP contribution in [0.3, 0.4) is 0 Å². The summed E-state index contributed by atoms with van der Waals surface area (Å²) in [5.41, 5.74) is 2.54. The van der Waals surface area contributed by atoms with Crippen LogP contribution in [0.1, 0.15) is 11.3 Å². The molecule has 0 amide bonds. The van der Waals surface area contributed by atoms with Gasteiger partial charge in [0.2, 0.25) is 0 Å². The van der Waals surface area contributed by atoms with Gasteiger partial charge >= 0.3 is 0 Å². The number of hydrogen-bond donors (Lipinski definition) is 0. The van der Waals surface area contributed by atoms with Crippen LogP contribution in [0.25, 0.3) is 0 Å². The maximum absolute atomic E-state index is 4.32. The molecule has 0 saturated carbocycles. The minimum absolute atomic E-state index is 1.01. The summed E-state index contributed by atoms with van der Waals surface area (Å²) in [4.78, 5) is 4.32. The quantitative estimate of drug-likeness (QED) is 0.716. The minimum atomic E-state index is 1.01. The fourth-order valence-corrected chi connectivity index (χ4v) is 1.92. The summed E-state index contributed by atoms with van der Waals surface area (Å²) in [6.45, 7) is 0. The monoisotopic (exact) mass is 215 g/mol. The van der Waals surface area contributed by atoms with Crippen molar-refractivity contribution < 1.29 is 0 Å². The Morgan fingerprint density at radius 3 is 2.47 bits per heavy atom. The molecule has 1 aromatic heterocycles. The minimum Gasteiger partial charge on any atom is -0.261 e. The van der Waals surface area contributed by atoms with Gasteiger partial charge in [-0.2, -0.15) is 0 Å². The molecule has 1 nitrogen and oxygen atoms in total. The van der Waals surface area contributed by atoms with Gasteiger partial charge in [-0.05, 0) is 35.8 Å². The van der Waals surface area contributed by atoms with E-state index in [0.29, 0.717) is 0 Å². The fourth-order valence-electron chi connectivity index (χ4n) is 1.57. The van der Waals surface area contributed by atoms with Crippen molar-refractivity contribution in [1.29, 1.82) is 0 Å². The highest BCUT2D eigenvalue weighted by molar-refractivity contribution is 7.27. The summed E-state index contributed by atoms with van der Waals surface area (Å²) >= 11 is 0. The molecule has 0 radical (unpaired) electrons. The lowest BCUT2D eigenvalue weighted by Gasteiger charge is -2.04. The second-order valence-electron chi connectivity index (χ2n) is 3.52. The highest BCUT2D eigenvalue weighted by Crippen LogP contribution is 2.05. The van der Waals surface area contributed by atoms with Crippen molar-refractivity contribution in [3.63, 3.8) is 0 Å². The van der Waals surface area contributed by atoms with Crippen LogP contribution >= 0.6 is 9.24 Å². The van der Waals surface area contributed by atoms with Gasteiger partial charge < -0.3 is 0 Å². The van der Waals surface area contributed by atoms with Crippen molar-refractivity contribution in [3.8, 4) is 0 Å². The van der Waals surface area contributed by atoms with E-state index < -0.39 is 0 Å². The van der Waals surface area contributed by atoms with Crippen molar-refractivity contribution in [3.05, 3.63) is 59.9 Å². The molecular formula is C13H14NP. The van der Waals surface area contributed by atoms with Crippen molar-refractivity contribution in [2.45, 2.75) is 12.8 Å². The van der Waals surface area contributed by atoms with Gasteiger partial charge in [-0.1, -0.05) is 30.3 Å². The van der Waals surface area contributed by atoms with Crippen molar-refractivity contribution in [1.82, 2.24) is 4.98 Å². The average molecular weight is 215 g/mol. The van der Waals surface area contributed by atoms with E-state index in [1.54, 1.807) is 0 Å². The molecule has 15 heavy (non-hydrogen) atoms. The molecule has 0 spiro atoms. The second kappa shape index (κ2) is 5.04. The molecule has 0 N–H and O–H groups in total. The zero-order chi connectivity index (χ0) is 10.5. The molecule has 1 unspecified atom stereocenters. The van der Waals surface area contributed by atoms with Crippen molar-refractivity contribution in [2.75, 3.05) is 0 Å². The smallest absolute Gasteiger partial charge is 0.0406 e.